The second kappa shape index (κ2) is 6.44. The molecule has 0 aliphatic carbocycles. The zero-order valence-electron chi connectivity index (χ0n) is 8.88. The number of nitrogens with zero attached hydrogens (tertiary/aromatic N) is 1. The molecule has 1 unspecified atom stereocenters. The molecule has 0 amide bonds. The van der Waals surface area contributed by atoms with Crippen molar-refractivity contribution in [3.05, 3.63) is 0 Å². The van der Waals surface area contributed by atoms with Crippen LogP contribution in [-0.4, -0.2) is 35.2 Å². The molecule has 0 aromatic carbocycles. The van der Waals surface area contributed by atoms with Gasteiger partial charge in [-0.1, -0.05) is 6.92 Å². The number of rotatable bonds is 6. The van der Waals surface area contributed by atoms with Crippen LogP contribution in [-0.2, 0) is 0 Å². The normalized spacial score (nSPS) is 14.2. The molecule has 2 nitrogen and oxygen atoms in total. The van der Waals surface area contributed by atoms with E-state index in [9.17, 15) is 0 Å². The van der Waals surface area contributed by atoms with E-state index in [-0.39, 0.29) is 0 Å². The quantitative estimate of drug-likeness (QED) is 0.663. The zero-order chi connectivity index (χ0) is 9.56. The Hall–Kier alpha value is -0.0800. The average Bonchev–Trinajstić information content (AvgIpc) is 2.04. The fraction of sp³-hybridized carbons (Fsp3) is 1.00. The van der Waals surface area contributed by atoms with Crippen molar-refractivity contribution in [1.82, 2.24) is 4.90 Å². The van der Waals surface area contributed by atoms with E-state index in [0.29, 0.717) is 18.7 Å². The Labute approximate surface area is 76.6 Å². The number of aliphatic hydroxyl groups excluding tert-OH is 1. The SMILES string of the molecule is CCC(C)N(CCCO)C(C)C. The molecule has 0 saturated heterocycles. The van der Waals surface area contributed by atoms with Crippen LogP contribution in [0.25, 0.3) is 0 Å². The van der Waals surface area contributed by atoms with Crippen molar-refractivity contribution in [2.75, 3.05) is 13.2 Å². The molecule has 0 aliphatic heterocycles. The fourth-order valence-electron chi connectivity index (χ4n) is 1.48. The number of aliphatic hydroxyl groups is 1. The highest BCUT2D eigenvalue weighted by Crippen LogP contribution is 2.08. The third kappa shape index (κ3) is 4.07. The second-order valence-electron chi connectivity index (χ2n) is 3.67. The molecule has 0 rings (SSSR count). The minimum atomic E-state index is 0.305. The summed E-state index contributed by atoms with van der Waals surface area (Å²) in [5.41, 5.74) is 0. The lowest BCUT2D eigenvalue weighted by Gasteiger charge is -2.31. The summed E-state index contributed by atoms with van der Waals surface area (Å²) < 4.78 is 0. The van der Waals surface area contributed by atoms with Gasteiger partial charge >= 0.3 is 0 Å². The summed E-state index contributed by atoms with van der Waals surface area (Å²) in [4.78, 5) is 2.44. The lowest BCUT2D eigenvalue weighted by atomic mass is 10.1. The van der Waals surface area contributed by atoms with Crippen molar-refractivity contribution < 1.29 is 5.11 Å². The lowest BCUT2D eigenvalue weighted by Crippen LogP contribution is -2.39. The first kappa shape index (κ1) is 11.9. The highest BCUT2D eigenvalue weighted by Gasteiger charge is 2.14. The van der Waals surface area contributed by atoms with Gasteiger partial charge in [-0.3, -0.25) is 4.90 Å². The van der Waals surface area contributed by atoms with Crippen molar-refractivity contribution in [3.63, 3.8) is 0 Å². The largest absolute Gasteiger partial charge is 0.396 e. The van der Waals surface area contributed by atoms with Gasteiger partial charge in [0.25, 0.3) is 0 Å². The van der Waals surface area contributed by atoms with E-state index in [1.165, 1.54) is 6.42 Å². The number of hydrogen-bond donors (Lipinski definition) is 1. The van der Waals surface area contributed by atoms with Crippen molar-refractivity contribution >= 4 is 0 Å². The molecule has 0 aliphatic rings. The maximum absolute atomic E-state index is 8.72. The Balaban J connectivity index is 3.85. The predicted molar refractivity (Wildman–Crippen MR) is 53.3 cm³/mol. The standard InChI is InChI=1S/C10H23NO/c1-5-10(4)11(9(2)3)7-6-8-12/h9-10,12H,5-8H2,1-4H3. The minimum Gasteiger partial charge on any atom is -0.396 e. The van der Waals surface area contributed by atoms with Gasteiger partial charge in [-0.15, -0.1) is 0 Å². The van der Waals surface area contributed by atoms with Crippen molar-refractivity contribution in [3.8, 4) is 0 Å². The molecule has 1 N–H and O–H groups in total. The number of hydrogen-bond acceptors (Lipinski definition) is 2. The van der Waals surface area contributed by atoms with Crippen molar-refractivity contribution in [2.45, 2.75) is 52.6 Å². The van der Waals surface area contributed by atoms with Gasteiger partial charge in [-0.05, 0) is 33.6 Å². The monoisotopic (exact) mass is 173 g/mol. The Bertz CT molecular complexity index is 104. The first-order chi connectivity index (χ1) is 5.63. The summed E-state index contributed by atoms with van der Waals surface area (Å²) in [6.45, 7) is 10.2. The molecule has 0 radical (unpaired) electrons. The maximum Gasteiger partial charge on any atom is 0.0443 e. The molecule has 0 saturated carbocycles. The molecule has 0 bridgehead atoms. The van der Waals surface area contributed by atoms with Crippen LogP contribution in [0.3, 0.4) is 0 Å². The molecule has 12 heavy (non-hydrogen) atoms. The van der Waals surface area contributed by atoms with Gasteiger partial charge in [-0.2, -0.15) is 0 Å². The summed E-state index contributed by atoms with van der Waals surface area (Å²) in [6.07, 6.45) is 2.08. The minimum absolute atomic E-state index is 0.305. The van der Waals surface area contributed by atoms with E-state index in [4.69, 9.17) is 5.11 Å². The lowest BCUT2D eigenvalue weighted by molar-refractivity contribution is 0.144. The molecule has 0 spiro atoms. The van der Waals surface area contributed by atoms with Crippen LogP contribution in [0.5, 0.6) is 0 Å². The third-order valence-corrected chi connectivity index (χ3v) is 2.39. The van der Waals surface area contributed by atoms with Crippen LogP contribution in [0.15, 0.2) is 0 Å². The third-order valence-electron chi connectivity index (χ3n) is 2.39. The van der Waals surface area contributed by atoms with Crippen LogP contribution < -0.4 is 0 Å². The first-order valence-corrected chi connectivity index (χ1v) is 5.00. The van der Waals surface area contributed by atoms with Crippen LogP contribution in [0.2, 0.25) is 0 Å². The Morgan fingerprint density at radius 2 is 1.83 bits per heavy atom. The second-order valence-corrected chi connectivity index (χ2v) is 3.67. The molecule has 2 heteroatoms. The average molecular weight is 173 g/mol. The van der Waals surface area contributed by atoms with E-state index >= 15 is 0 Å². The van der Waals surface area contributed by atoms with Gasteiger partial charge in [0.1, 0.15) is 0 Å². The van der Waals surface area contributed by atoms with Crippen molar-refractivity contribution in [2.24, 2.45) is 0 Å². The van der Waals surface area contributed by atoms with Gasteiger partial charge in [-0.25, -0.2) is 0 Å². The summed E-state index contributed by atoms with van der Waals surface area (Å²) >= 11 is 0. The summed E-state index contributed by atoms with van der Waals surface area (Å²) in [7, 11) is 0. The highest BCUT2D eigenvalue weighted by atomic mass is 16.3. The molecule has 74 valence electrons. The van der Waals surface area contributed by atoms with Crippen LogP contribution in [0, 0.1) is 0 Å². The first-order valence-electron chi connectivity index (χ1n) is 5.00. The van der Waals surface area contributed by atoms with Gasteiger partial charge < -0.3 is 5.11 Å². The Kier molecular flexibility index (Phi) is 6.39. The Morgan fingerprint density at radius 1 is 1.25 bits per heavy atom. The summed E-state index contributed by atoms with van der Waals surface area (Å²) in [5, 5.41) is 8.72. The highest BCUT2D eigenvalue weighted by molar-refractivity contribution is 4.69. The van der Waals surface area contributed by atoms with E-state index in [0.717, 1.165) is 13.0 Å². The zero-order valence-corrected chi connectivity index (χ0v) is 8.88. The van der Waals surface area contributed by atoms with Crippen LogP contribution in [0.4, 0.5) is 0 Å². The molecule has 1 atom stereocenters. The molecule has 0 heterocycles. The van der Waals surface area contributed by atoms with Crippen molar-refractivity contribution in [1.29, 1.82) is 0 Å². The summed E-state index contributed by atoms with van der Waals surface area (Å²) in [5.74, 6) is 0. The molecule has 0 aromatic rings. The van der Waals surface area contributed by atoms with E-state index in [2.05, 4.69) is 32.6 Å². The fourth-order valence-corrected chi connectivity index (χ4v) is 1.48. The van der Waals surface area contributed by atoms with Crippen LogP contribution in [0.1, 0.15) is 40.5 Å². The topological polar surface area (TPSA) is 23.5 Å². The van der Waals surface area contributed by atoms with E-state index < -0.39 is 0 Å². The molecular weight excluding hydrogens is 150 g/mol. The van der Waals surface area contributed by atoms with Gasteiger partial charge in [0.15, 0.2) is 0 Å². The predicted octanol–water partition coefficient (Wildman–Crippen LogP) is 1.88. The molecular formula is C10H23NO. The van der Waals surface area contributed by atoms with Gasteiger partial charge in [0.2, 0.25) is 0 Å². The van der Waals surface area contributed by atoms with E-state index in [1.807, 2.05) is 0 Å². The Morgan fingerprint density at radius 3 is 2.17 bits per heavy atom. The molecule has 0 aromatic heterocycles. The smallest absolute Gasteiger partial charge is 0.0443 e. The van der Waals surface area contributed by atoms with Gasteiger partial charge in [0.05, 0.1) is 0 Å². The van der Waals surface area contributed by atoms with E-state index in [1.54, 1.807) is 0 Å². The van der Waals surface area contributed by atoms with Crippen LogP contribution >= 0.6 is 0 Å². The molecule has 0 fully saturated rings. The summed E-state index contributed by atoms with van der Waals surface area (Å²) in [6, 6.07) is 1.23. The van der Waals surface area contributed by atoms with Gasteiger partial charge in [0, 0.05) is 25.2 Å². The maximum atomic E-state index is 8.72.